The van der Waals surface area contributed by atoms with E-state index in [2.05, 4.69) is 0 Å². The molecule has 0 fully saturated rings. The van der Waals surface area contributed by atoms with Crippen LogP contribution in [0, 0.1) is 23.3 Å². The van der Waals surface area contributed by atoms with Gasteiger partial charge in [0.25, 0.3) is 0 Å². The first kappa shape index (κ1) is 20.0. The zero-order valence-corrected chi connectivity index (χ0v) is 14.8. The number of benzene rings is 3. The number of fused-ring (bicyclic) bond motifs is 2. The number of hydrogen-bond donors (Lipinski definition) is 3. The summed E-state index contributed by atoms with van der Waals surface area (Å²) >= 11 is 0. The van der Waals surface area contributed by atoms with Crippen molar-refractivity contribution < 1.29 is 47.2 Å². The largest absolute Gasteiger partial charge is 0.870 e. The fourth-order valence-electron chi connectivity index (χ4n) is 3.26. The molecule has 0 aromatic heterocycles. The molecule has 2 aromatic carbocycles. The molecular weight excluding hydrogens is 428 g/mol. The van der Waals surface area contributed by atoms with Crippen molar-refractivity contribution in [3.8, 4) is 39.7 Å². The maximum atomic E-state index is 14.8. The zero-order chi connectivity index (χ0) is 22.8. The number of hydrogen-bond acceptors (Lipinski definition) is 6. The molecule has 0 atom stereocenters. The Hall–Kier alpha value is -4.28. The van der Waals surface area contributed by atoms with Crippen LogP contribution in [0.3, 0.4) is 0 Å². The number of carboxylic acids is 1. The van der Waals surface area contributed by atoms with Gasteiger partial charge in [-0.1, -0.05) is 5.75 Å². The molecule has 0 bridgehead atoms. The third-order valence-corrected chi connectivity index (χ3v) is 4.61. The van der Waals surface area contributed by atoms with Gasteiger partial charge in [-0.05, 0) is 18.2 Å². The van der Waals surface area contributed by atoms with E-state index >= 15 is 0 Å². The monoisotopic (exact) mass is 435 g/mol. The quantitative estimate of drug-likeness (QED) is 0.191. The van der Waals surface area contributed by atoms with E-state index in [0.717, 1.165) is 0 Å². The second-order valence-corrected chi connectivity index (χ2v) is 6.42. The van der Waals surface area contributed by atoms with Crippen LogP contribution in [-0.2, 0) is 0 Å². The van der Waals surface area contributed by atoms with Gasteiger partial charge in [0.1, 0.15) is 22.7 Å². The van der Waals surface area contributed by atoms with Gasteiger partial charge in [0.15, 0.2) is 29.0 Å². The van der Waals surface area contributed by atoms with Gasteiger partial charge in [-0.3, -0.25) is 4.79 Å². The highest BCUT2D eigenvalue weighted by Crippen LogP contribution is 2.46. The lowest BCUT2D eigenvalue weighted by Gasteiger charge is -2.20. The molecule has 4 rings (SSSR count). The molecule has 0 saturated carbocycles. The molecule has 11 heteroatoms. The number of carbonyl (C=O) groups is 1. The Morgan fingerprint density at radius 3 is 2.16 bits per heavy atom. The lowest BCUT2D eigenvalue weighted by atomic mass is 9.89. The molecule has 0 unspecified atom stereocenters. The Kier molecular flexibility index (Phi) is 4.27. The van der Waals surface area contributed by atoms with Crippen LogP contribution in [0.15, 0.2) is 33.5 Å². The lowest BCUT2D eigenvalue weighted by molar-refractivity contribution is -0.270. The second kappa shape index (κ2) is 6.62. The molecule has 158 valence electrons. The van der Waals surface area contributed by atoms with Crippen molar-refractivity contribution in [2.75, 3.05) is 0 Å². The fourth-order valence-corrected chi connectivity index (χ4v) is 3.26. The highest BCUT2D eigenvalue weighted by atomic mass is 19.2. The van der Waals surface area contributed by atoms with Gasteiger partial charge in [0.05, 0.1) is 0 Å². The van der Waals surface area contributed by atoms with Crippen LogP contribution < -0.4 is 10.5 Å². The number of rotatable bonds is 2. The van der Waals surface area contributed by atoms with Gasteiger partial charge in [-0.15, -0.1) is 0 Å². The number of phenolic OH excluding ortho intramolecular Hbond substituents is 2. The van der Waals surface area contributed by atoms with Gasteiger partial charge in [-0.25, -0.2) is 22.4 Å². The van der Waals surface area contributed by atoms with E-state index in [-0.39, 0.29) is 0 Å². The Bertz CT molecular complexity index is 1460. The summed E-state index contributed by atoms with van der Waals surface area (Å²) in [5.41, 5.74) is -5.36. The zero-order valence-electron chi connectivity index (χ0n) is 14.8. The van der Waals surface area contributed by atoms with Gasteiger partial charge in [0.2, 0.25) is 5.43 Å². The van der Waals surface area contributed by atoms with Gasteiger partial charge in [0, 0.05) is 28.1 Å². The van der Waals surface area contributed by atoms with E-state index in [0.29, 0.717) is 24.3 Å². The second-order valence-electron chi connectivity index (χ2n) is 6.42. The average Bonchev–Trinajstić information content (AvgIpc) is 2.70. The van der Waals surface area contributed by atoms with E-state index in [1.807, 2.05) is 0 Å². The van der Waals surface area contributed by atoms with Crippen LogP contribution >= 0.6 is 0 Å². The SMILES string of the molecule is O=C(O)c1c(F)c(F)c(F)c(F)c1-c1c2cc(O)c(=O)cc-2oc2cc([O-])c(O)cc12. The summed E-state index contributed by atoms with van der Waals surface area (Å²) in [6, 6.07) is 2.84. The summed E-state index contributed by atoms with van der Waals surface area (Å²) in [4.78, 5) is 23.4. The Morgan fingerprint density at radius 2 is 1.52 bits per heavy atom. The standard InChI is InChI=1S/C20H8F4O7/c21-16-14(15(20(29)30)17(22)19(24)18(16)23)13-5-1-7(25)9(27)3-11(5)31-12-4-10(28)8(26)2-6(12)13/h1-4,25-27H,(H,29,30)/p-1. The Labute approximate surface area is 168 Å². The van der Waals surface area contributed by atoms with Gasteiger partial charge in [-0.2, -0.15) is 0 Å². The van der Waals surface area contributed by atoms with Crippen LogP contribution in [0.2, 0.25) is 0 Å². The summed E-state index contributed by atoms with van der Waals surface area (Å²) < 4.78 is 62.3. The smallest absolute Gasteiger partial charge is 0.339 e. The van der Waals surface area contributed by atoms with Crippen molar-refractivity contribution in [1.29, 1.82) is 0 Å². The predicted molar refractivity (Wildman–Crippen MR) is 94.1 cm³/mol. The van der Waals surface area contributed by atoms with E-state index in [9.17, 15) is 47.6 Å². The van der Waals surface area contributed by atoms with Crippen molar-refractivity contribution in [2.45, 2.75) is 0 Å². The number of carboxylic acid groups (broad SMARTS) is 1. The number of aromatic hydroxyl groups is 2. The summed E-state index contributed by atoms with van der Waals surface area (Å²) in [5, 5.41) is 40.3. The minimum atomic E-state index is -2.37. The first-order valence-corrected chi connectivity index (χ1v) is 8.26. The third kappa shape index (κ3) is 2.81. The molecule has 7 nitrogen and oxygen atoms in total. The van der Waals surface area contributed by atoms with E-state index in [4.69, 9.17) is 4.42 Å². The van der Waals surface area contributed by atoms with E-state index < -0.39 is 90.9 Å². The molecule has 0 radical (unpaired) electrons. The summed E-state index contributed by atoms with van der Waals surface area (Å²) in [7, 11) is 0. The minimum absolute atomic E-state index is 0.408. The van der Waals surface area contributed by atoms with E-state index in [1.165, 1.54) is 0 Å². The molecule has 1 aliphatic heterocycles. The fraction of sp³-hybridized carbons (Fsp3) is 0. The molecule has 0 saturated heterocycles. The summed E-state index contributed by atoms with van der Waals surface area (Å²) in [6.07, 6.45) is 0. The number of phenols is 2. The number of halogens is 4. The maximum Gasteiger partial charge on any atom is 0.339 e. The van der Waals surface area contributed by atoms with Crippen molar-refractivity contribution >= 4 is 16.9 Å². The van der Waals surface area contributed by atoms with Crippen LogP contribution in [-0.4, -0.2) is 21.3 Å². The molecule has 31 heavy (non-hydrogen) atoms. The molecule has 0 amide bonds. The van der Waals surface area contributed by atoms with Crippen LogP contribution in [0.1, 0.15) is 10.4 Å². The van der Waals surface area contributed by atoms with E-state index in [1.54, 1.807) is 0 Å². The topological polar surface area (TPSA) is 131 Å². The van der Waals surface area contributed by atoms with Crippen LogP contribution in [0.5, 0.6) is 17.2 Å². The Morgan fingerprint density at radius 1 is 0.871 bits per heavy atom. The maximum absolute atomic E-state index is 14.8. The molecular formula is C20H7F4O7-. The summed E-state index contributed by atoms with van der Waals surface area (Å²) in [5.74, 6) is -14.4. The van der Waals surface area contributed by atoms with Crippen molar-refractivity contribution in [1.82, 2.24) is 0 Å². The molecule has 3 N–H and O–H groups in total. The number of aromatic carboxylic acids is 1. The van der Waals surface area contributed by atoms with Gasteiger partial charge >= 0.3 is 5.97 Å². The van der Waals surface area contributed by atoms with Crippen molar-refractivity contribution in [2.24, 2.45) is 0 Å². The van der Waals surface area contributed by atoms with Crippen molar-refractivity contribution in [3.63, 3.8) is 0 Å². The highest BCUT2D eigenvalue weighted by molar-refractivity contribution is 6.08. The summed E-state index contributed by atoms with van der Waals surface area (Å²) in [6.45, 7) is 0. The first-order valence-electron chi connectivity index (χ1n) is 8.26. The lowest BCUT2D eigenvalue weighted by Crippen LogP contribution is -2.12. The highest BCUT2D eigenvalue weighted by Gasteiger charge is 2.33. The minimum Gasteiger partial charge on any atom is -0.870 e. The predicted octanol–water partition coefficient (Wildman–Crippen LogP) is 3.30. The third-order valence-electron chi connectivity index (χ3n) is 4.61. The first-order chi connectivity index (χ1) is 14.5. The van der Waals surface area contributed by atoms with Gasteiger partial charge < -0.3 is 24.8 Å². The molecule has 1 heterocycles. The van der Waals surface area contributed by atoms with Crippen LogP contribution in [0.4, 0.5) is 17.6 Å². The molecule has 2 aliphatic rings. The Balaban J connectivity index is 2.36. The molecule has 2 aromatic rings. The van der Waals surface area contributed by atoms with Crippen LogP contribution in [0.25, 0.3) is 33.4 Å². The average molecular weight is 435 g/mol. The van der Waals surface area contributed by atoms with Crippen molar-refractivity contribution in [3.05, 3.63) is 63.3 Å². The molecule has 1 aliphatic carbocycles. The normalized spacial score (nSPS) is 11.4. The molecule has 0 spiro atoms.